The van der Waals surface area contributed by atoms with Crippen molar-refractivity contribution in [3.63, 3.8) is 0 Å². The van der Waals surface area contributed by atoms with Crippen LogP contribution in [0.15, 0.2) is 24.3 Å². The van der Waals surface area contributed by atoms with E-state index in [0.717, 1.165) is 0 Å². The van der Waals surface area contributed by atoms with Crippen molar-refractivity contribution in [1.82, 2.24) is 0 Å². The quantitative estimate of drug-likeness (QED) is 0.499. The Morgan fingerprint density at radius 2 is 1.14 bits per heavy atom. The predicted octanol–water partition coefficient (Wildman–Crippen LogP) is 2.08. The van der Waals surface area contributed by atoms with Crippen molar-refractivity contribution in [2.45, 2.75) is 13.8 Å². The van der Waals surface area contributed by atoms with Crippen LogP contribution < -0.4 is 10.6 Å². The van der Waals surface area contributed by atoms with E-state index in [1.165, 1.54) is 26.0 Å². The van der Waals surface area contributed by atoms with Crippen LogP contribution in [-0.4, -0.2) is 32.3 Å². The number of phenols is 2. The maximum absolute atomic E-state index is 12.4. The second-order valence-corrected chi connectivity index (χ2v) is 9.94. The Kier molecular flexibility index (Phi) is 4.42. The SMILES string of the molecule is CCP(=O)(O)c1c(P(=O)(O)CC)c(O)c2ccccc2c1O. The molecule has 0 heterocycles. The van der Waals surface area contributed by atoms with Gasteiger partial charge in [-0.25, -0.2) is 0 Å². The average molecular weight is 344 g/mol. The van der Waals surface area contributed by atoms with Gasteiger partial charge in [-0.1, -0.05) is 38.1 Å². The van der Waals surface area contributed by atoms with Gasteiger partial charge in [-0.2, -0.15) is 0 Å². The third kappa shape index (κ3) is 2.57. The van der Waals surface area contributed by atoms with Crippen LogP contribution in [0.1, 0.15) is 13.8 Å². The molecule has 0 spiro atoms. The minimum Gasteiger partial charge on any atom is -0.506 e. The standard InChI is InChI=1S/C14H18O6P2/c1-3-21(17,18)13-11(15)9-7-5-6-8-10(9)12(16)14(13)22(19,20)4-2/h5-8,15-16H,3-4H2,1-2H3,(H,17,18)(H,19,20). The summed E-state index contributed by atoms with van der Waals surface area (Å²) in [6, 6.07) is 6.14. The Labute approximate surface area is 128 Å². The molecule has 8 heteroatoms. The van der Waals surface area contributed by atoms with E-state index in [9.17, 15) is 29.1 Å². The normalized spacial score (nSPS) is 17.1. The highest BCUT2D eigenvalue weighted by molar-refractivity contribution is 7.72. The van der Waals surface area contributed by atoms with Gasteiger partial charge in [-0.05, 0) is 0 Å². The summed E-state index contributed by atoms with van der Waals surface area (Å²) in [7, 11) is -8.17. The molecule has 0 bridgehead atoms. The van der Waals surface area contributed by atoms with Crippen LogP contribution in [0.2, 0.25) is 0 Å². The molecule has 0 saturated carbocycles. The van der Waals surface area contributed by atoms with Crippen LogP contribution in [0.4, 0.5) is 0 Å². The molecule has 4 N–H and O–H groups in total. The number of rotatable bonds is 4. The van der Waals surface area contributed by atoms with Gasteiger partial charge in [-0.3, -0.25) is 9.13 Å². The number of fused-ring (bicyclic) bond motifs is 1. The fourth-order valence-electron chi connectivity index (χ4n) is 2.35. The second-order valence-electron chi connectivity index (χ2n) is 4.98. The van der Waals surface area contributed by atoms with Crippen LogP contribution >= 0.6 is 14.7 Å². The summed E-state index contributed by atoms with van der Waals surface area (Å²) in [5, 5.41) is 20.1. The van der Waals surface area contributed by atoms with Gasteiger partial charge in [0.1, 0.15) is 11.5 Å². The molecule has 2 atom stereocenters. The molecule has 0 saturated heterocycles. The lowest BCUT2D eigenvalue weighted by Crippen LogP contribution is -2.28. The lowest BCUT2D eigenvalue weighted by molar-refractivity contribution is 0.461. The summed E-state index contributed by atoms with van der Waals surface area (Å²) >= 11 is 0. The van der Waals surface area contributed by atoms with E-state index in [0.29, 0.717) is 0 Å². The number of hydrogen-bond acceptors (Lipinski definition) is 4. The first kappa shape index (κ1) is 17.0. The fraction of sp³-hybridized carbons (Fsp3) is 0.286. The minimum atomic E-state index is -4.08. The first-order valence-corrected chi connectivity index (χ1v) is 10.5. The maximum Gasteiger partial charge on any atom is 0.234 e. The van der Waals surface area contributed by atoms with Gasteiger partial charge in [0.05, 0.1) is 10.6 Å². The van der Waals surface area contributed by atoms with E-state index in [1.807, 2.05) is 0 Å². The highest BCUT2D eigenvalue weighted by Gasteiger charge is 2.38. The number of phenolic OH excluding ortho intramolecular Hbond substituents is 2. The largest absolute Gasteiger partial charge is 0.506 e. The van der Waals surface area contributed by atoms with Crippen molar-refractivity contribution >= 4 is 36.1 Å². The molecule has 0 radical (unpaired) electrons. The number of hydrogen-bond donors (Lipinski definition) is 4. The minimum absolute atomic E-state index is 0.164. The van der Waals surface area contributed by atoms with Crippen molar-refractivity contribution in [2.24, 2.45) is 0 Å². The van der Waals surface area contributed by atoms with Gasteiger partial charge in [-0.15, -0.1) is 0 Å². The van der Waals surface area contributed by atoms with Gasteiger partial charge in [0.2, 0.25) is 14.7 Å². The van der Waals surface area contributed by atoms with Crippen molar-refractivity contribution in [1.29, 1.82) is 0 Å². The predicted molar refractivity (Wildman–Crippen MR) is 87.3 cm³/mol. The lowest BCUT2D eigenvalue weighted by atomic mass is 10.1. The smallest absolute Gasteiger partial charge is 0.234 e. The molecule has 0 aliphatic rings. The molecular weight excluding hydrogens is 326 g/mol. The Hall–Kier alpha value is -1.32. The van der Waals surface area contributed by atoms with Gasteiger partial charge >= 0.3 is 0 Å². The molecule has 0 aliphatic carbocycles. The van der Waals surface area contributed by atoms with Crippen molar-refractivity contribution in [2.75, 3.05) is 12.3 Å². The molecule has 6 nitrogen and oxygen atoms in total. The molecule has 2 aromatic carbocycles. The number of aromatic hydroxyl groups is 2. The molecule has 0 fully saturated rings. The molecule has 0 amide bonds. The van der Waals surface area contributed by atoms with Crippen LogP contribution in [-0.2, 0) is 9.13 Å². The van der Waals surface area contributed by atoms with Gasteiger partial charge < -0.3 is 20.0 Å². The van der Waals surface area contributed by atoms with Crippen LogP contribution in [0, 0.1) is 0 Å². The molecule has 22 heavy (non-hydrogen) atoms. The van der Waals surface area contributed by atoms with Gasteiger partial charge in [0.25, 0.3) is 0 Å². The maximum atomic E-state index is 12.4. The Bertz CT molecular complexity index is 761. The Balaban J connectivity index is 3.10. The summed E-state index contributed by atoms with van der Waals surface area (Å²) in [4.78, 5) is 20.3. The van der Waals surface area contributed by atoms with Crippen molar-refractivity contribution in [3.05, 3.63) is 24.3 Å². The van der Waals surface area contributed by atoms with Crippen LogP contribution in [0.5, 0.6) is 11.5 Å². The summed E-state index contributed by atoms with van der Waals surface area (Å²) in [5.74, 6) is -1.06. The topological polar surface area (TPSA) is 115 Å². The third-order valence-corrected chi connectivity index (χ3v) is 7.83. The average Bonchev–Trinajstić information content (AvgIpc) is 2.50. The lowest BCUT2D eigenvalue weighted by Gasteiger charge is -2.22. The fourth-order valence-corrected chi connectivity index (χ4v) is 5.70. The Morgan fingerprint density at radius 1 is 0.818 bits per heavy atom. The first-order chi connectivity index (χ1) is 10.2. The van der Waals surface area contributed by atoms with E-state index >= 15 is 0 Å². The molecule has 120 valence electrons. The van der Waals surface area contributed by atoms with Crippen LogP contribution in [0.25, 0.3) is 10.8 Å². The highest BCUT2D eigenvalue weighted by Crippen LogP contribution is 2.51. The zero-order chi connectivity index (χ0) is 16.7. The third-order valence-electron chi connectivity index (χ3n) is 3.67. The summed E-state index contributed by atoms with van der Waals surface area (Å²) in [6.45, 7) is 2.87. The summed E-state index contributed by atoms with van der Waals surface area (Å²) < 4.78 is 24.9. The molecule has 2 rings (SSSR count). The van der Waals surface area contributed by atoms with Crippen molar-refractivity contribution in [3.8, 4) is 11.5 Å². The number of benzene rings is 2. The van der Waals surface area contributed by atoms with E-state index in [1.54, 1.807) is 12.1 Å². The van der Waals surface area contributed by atoms with E-state index in [2.05, 4.69) is 0 Å². The molecule has 0 aromatic heterocycles. The van der Waals surface area contributed by atoms with Gasteiger partial charge in [0.15, 0.2) is 0 Å². The van der Waals surface area contributed by atoms with Crippen LogP contribution in [0.3, 0.4) is 0 Å². The highest BCUT2D eigenvalue weighted by atomic mass is 31.2. The Morgan fingerprint density at radius 3 is 1.41 bits per heavy atom. The molecular formula is C14H18O6P2. The van der Waals surface area contributed by atoms with Crippen molar-refractivity contribution < 1.29 is 29.1 Å². The molecule has 0 aliphatic heterocycles. The summed E-state index contributed by atoms with van der Waals surface area (Å²) in [6.07, 6.45) is -0.454. The first-order valence-electron chi connectivity index (χ1n) is 6.78. The van der Waals surface area contributed by atoms with E-state index < -0.39 is 36.8 Å². The molecule has 2 unspecified atom stereocenters. The molecule has 2 aromatic rings. The van der Waals surface area contributed by atoms with Gasteiger partial charge in [0, 0.05) is 23.1 Å². The summed E-state index contributed by atoms with van der Waals surface area (Å²) in [5.41, 5.74) is 0. The monoisotopic (exact) mass is 344 g/mol. The van der Waals surface area contributed by atoms with E-state index in [4.69, 9.17) is 0 Å². The van der Waals surface area contributed by atoms with E-state index in [-0.39, 0.29) is 23.1 Å². The zero-order valence-electron chi connectivity index (χ0n) is 12.2. The zero-order valence-corrected chi connectivity index (χ0v) is 14.0. The second kappa shape index (κ2) is 5.71.